The standard InChI is InChI=1S/C36H28Br2ClFIN5O6/c1-49-31-16-30-24(35(44-18-43-30)45-21-3-4-28(40)27(39)14-21)15-32(31)51-9-8-50-7-6-42-33(47)17-52-34-25(37)11-19(12-26(34)38)10-23-22-13-20(41)2-5-29(22)46-36(23)48/h2-5,10-16,18H,6-9,17H2,1H3,(H,42,47)(H,46,48)(H,43,44,45)/b23-10-. The molecule has 0 saturated heterocycles. The van der Waals surface area contributed by atoms with Crippen LogP contribution in [0.2, 0.25) is 5.02 Å². The second-order valence-corrected chi connectivity index (χ2v) is 14.5. The molecule has 0 spiro atoms. The van der Waals surface area contributed by atoms with Crippen molar-refractivity contribution in [2.24, 2.45) is 0 Å². The third-order valence-electron chi connectivity index (χ3n) is 7.60. The smallest absolute Gasteiger partial charge is 0.258 e. The molecule has 0 atom stereocenters. The van der Waals surface area contributed by atoms with Crippen LogP contribution in [0.1, 0.15) is 11.1 Å². The number of ether oxygens (including phenoxy) is 4. The minimum atomic E-state index is -0.521. The zero-order valence-corrected chi connectivity index (χ0v) is 33.3. The fraction of sp³-hybridized carbons (Fsp3) is 0.167. The Morgan fingerprint density at radius 1 is 1.00 bits per heavy atom. The molecule has 6 rings (SSSR count). The van der Waals surface area contributed by atoms with Gasteiger partial charge in [-0.15, -0.1) is 0 Å². The van der Waals surface area contributed by atoms with Gasteiger partial charge in [0.15, 0.2) is 18.1 Å². The highest BCUT2D eigenvalue weighted by Gasteiger charge is 2.24. The lowest BCUT2D eigenvalue weighted by molar-refractivity contribution is -0.123. The highest BCUT2D eigenvalue weighted by molar-refractivity contribution is 14.1. The maximum Gasteiger partial charge on any atom is 0.258 e. The largest absolute Gasteiger partial charge is 0.493 e. The van der Waals surface area contributed by atoms with Crippen LogP contribution in [0.25, 0.3) is 22.6 Å². The summed E-state index contributed by atoms with van der Waals surface area (Å²) in [5.41, 5.74) is 4.12. The van der Waals surface area contributed by atoms with Gasteiger partial charge in [0.05, 0.1) is 39.8 Å². The third-order valence-corrected chi connectivity index (χ3v) is 9.74. The first-order valence-electron chi connectivity index (χ1n) is 15.6. The Morgan fingerprint density at radius 3 is 2.58 bits per heavy atom. The Balaban J connectivity index is 0.957. The van der Waals surface area contributed by atoms with E-state index in [2.05, 4.69) is 80.4 Å². The summed E-state index contributed by atoms with van der Waals surface area (Å²) in [6.45, 7) is 0.740. The van der Waals surface area contributed by atoms with E-state index in [1.165, 1.54) is 25.6 Å². The first-order valence-corrected chi connectivity index (χ1v) is 18.6. The van der Waals surface area contributed by atoms with Crippen LogP contribution in [0, 0.1) is 9.39 Å². The van der Waals surface area contributed by atoms with E-state index in [4.69, 9.17) is 30.5 Å². The van der Waals surface area contributed by atoms with Crippen LogP contribution in [0.5, 0.6) is 17.2 Å². The zero-order valence-electron chi connectivity index (χ0n) is 27.2. The van der Waals surface area contributed by atoms with Gasteiger partial charge in [-0.25, -0.2) is 14.4 Å². The number of halogens is 5. The van der Waals surface area contributed by atoms with Gasteiger partial charge in [0.2, 0.25) is 0 Å². The van der Waals surface area contributed by atoms with E-state index in [-0.39, 0.29) is 49.8 Å². The second-order valence-electron chi connectivity index (χ2n) is 11.1. The van der Waals surface area contributed by atoms with Gasteiger partial charge in [-0.2, -0.15) is 0 Å². The summed E-state index contributed by atoms with van der Waals surface area (Å²) in [4.78, 5) is 33.7. The van der Waals surface area contributed by atoms with Crippen molar-refractivity contribution >= 4 is 118 Å². The summed E-state index contributed by atoms with van der Waals surface area (Å²) < 4.78 is 38.8. The topological polar surface area (TPSA) is 133 Å². The molecule has 11 nitrogen and oxygen atoms in total. The van der Waals surface area contributed by atoms with Crippen LogP contribution in [0.3, 0.4) is 0 Å². The van der Waals surface area contributed by atoms with Crippen LogP contribution in [0.15, 0.2) is 75.9 Å². The zero-order chi connectivity index (χ0) is 36.8. The Bertz CT molecular complexity index is 2190. The SMILES string of the molecule is COc1cc2ncnc(Nc3ccc(F)c(Cl)c3)c2cc1OCCOCCNC(=O)COc1c(Br)cc(/C=C2\C(=O)Nc3ccc(I)cc32)cc1Br. The number of rotatable bonds is 14. The van der Waals surface area contributed by atoms with Gasteiger partial charge in [0, 0.05) is 44.1 Å². The predicted octanol–water partition coefficient (Wildman–Crippen LogP) is 8.39. The van der Waals surface area contributed by atoms with E-state index in [1.807, 2.05) is 36.4 Å². The van der Waals surface area contributed by atoms with Crippen molar-refractivity contribution < 1.29 is 32.9 Å². The number of hydrogen-bond acceptors (Lipinski definition) is 9. The van der Waals surface area contributed by atoms with Crippen LogP contribution in [-0.4, -0.2) is 61.9 Å². The van der Waals surface area contributed by atoms with Crippen molar-refractivity contribution in [2.75, 3.05) is 50.7 Å². The number of fused-ring (bicyclic) bond motifs is 2. The molecule has 4 aromatic carbocycles. The van der Waals surface area contributed by atoms with E-state index in [0.717, 1.165) is 20.4 Å². The van der Waals surface area contributed by atoms with Gasteiger partial charge < -0.3 is 34.9 Å². The van der Waals surface area contributed by atoms with Crippen LogP contribution >= 0.6 is 66.1 Å². The maximum atomic E-state index is 13.6. The summed E-state index contributed by atoms with van der Waals surface area (Å²) in [6.07, 6.45) is 3.21. The van der Waals surface area contributed by atoms with E-state index < -0.39 is 5.82 Å². The monoisotopic (exact) mass is 965 g/mol. The lowest BCUT2D eigenvalue weighted by atomic mass is 10.0. The molecule has 0 radical (unpaired) electrons. The van der Waals surface area contributed by atoms with Crippen LogP contribution in [0.4, 0.5) is 21.6 Å². The molecule has 0 saturated carbocycles. The third kappa shape index (κ3) is 9.12. The van der Waals surface area contributed by atoms with Crippen molar-refractivity contribution in [3.05, 3.63) is 101 Å². The number of carbonyl (C=O) groups excluding carboxylic acids is 2. The normalized spacial score (nSPS) is 12.8. The molecule has 1 aromatic heterocycles. The molecular weight excluding hydrogens is 940 g/mol. The molecule has 0 bridgehead atoms. The molecule has 1 aliphatic heterocycles. The van der Waals surface area contributed by atoms with E-state index in [1.54, 1.807) is 18.2 Å². The van der Waals surface area contributed by atoms with Crippen molar-refractivity contribution in [2.45, 2.75) is 0 Å². The average molecular weight is 968 g/mol. The number of nitrogens with zero attached hydrogens (tertiary/aromatic N) is 2. The fourth-order valence-electron chi connectivity index (χ4n) is 5.18. The van der Waals surface area contributed by atoms with Crippen molar-refractivity contribution in [3.8, 4) is 17.2 Å². The second kappa shape index (κ2) is 17.2. The number of methoxy groups -OCH3 is 1. The molecule has 16 heteroatoms. The molecule has 2 amide bonds. The summed E-state index contributed by atoms with van der Waals surface area (Å²) in [5, 5.41) is 9.42. The number of amides is 2. The highest BCUT2D eigenvalue weighted by atomic mass is 127. The summed E-state index contributed by atoms with van der Waals surface area (Å²) >= 11 is 15.2. The first-order chi connectivity index (χ1) is 25.1. The first kappa shape index (κ1) is 37.7. The molecule has 268 valence electrons. The van der Waals surface area contributed by atoms with Crippen LogP contribution < -0.4 is 30.2 Å². The van der Waals surface area contributed by atoms with Crippen molar-refractivity contribution in [3.63, 3.8) is 0 Å². The van der Waals surface area contributed by atoms with Gasteiger partial charge in [0.25, 0.3) is 11.8 Å². The molecule has 0 aliphatic carbocycles. The number of carbonyl (C=O) groups is 2. The number of nitrogens with one attached hydrogen (secondary N) is 3. The molecule has 52 heavy (non-hydrogen) atoms. The number of aromatic nitrogens is 2. The summed E-state index contributed by atoms with van der Waals surface area (Å²) in [7, 11) is 1.53. The molecule has 3 N–H and O–H groups in total. The van der Waals surface area contributed by atoms with E-state index in [0.29, 0.717) is 54.2 Å². The Labute approximate surface area is 333 Å². The quantitative estimate of drug-likeness (QED) is 0.0571. The predicted molar refractivity (Wildman–Crippen MR) is 213 cm³/mol. The van der Waals surface area contributed by atoms with Crippen molar-refractivity contribution in [1.29, 1.82) is 0 Å². The molecular formula is C36H28Br2ClFIN5O6. The van der Waals surface area contributed by atoms with Crippen LogP contribution in [-0.2, 0) is 14.3 Å². The Kier molecular flexibility index (Phi) is 12.5. The van der Waals surface area contributed by atoms with Gasteiger partial charge in [-0.1, -0.05) is 11.6 Å². The highest BCUT2D eigenvalue weighted by Crippen LogP contribution is 2.39. The molecule has 0 fully saturated rings. The molecule has 0 unspecified atom stereocenters. The van der Waals surface area contributed by atoms with Gasteiger partial charge in [0.1, 0.15) is 30.3 Å². The molecule has 2 heterocycles. The summed E-state index contributed by atoms with van der Waals surface area (Å²) in [6, 6.07) is 17.2. The average Bonchev–Trinajstić information content (AvgIpc) is 3.42. The number of benzene rings is 4. The number of hydrogen-bond donors (Lipinski definition) is 3. The maximum absolute atomic E-state index is 13.6. The fourth-order valence-corrected chi connectivity index (χ4v) is 7.30. The minimum Gasteiger partial charge on any atom is -0.493 e. The lowest BCUT2D eigenvalue weighted by Gasteiger charge is -2.14. The van der Waals surface area contributed by atoms with E-state index >= 15 is 0 Å². The summed E-state index contributed by atoms with van der Waals surface area (Å²) in [5.74, 6) is 0.835. The molecule has 5 aromatic rings. The number of anilines is 3. The van der Waals surface area contributed by atoms with Gasteiger partial charge in [-0.3, -0.25) is 9.59 Å². The Morgan fingerprint density at radius 2 is 1.81 bits per heavy atom. The van der Waals surface area contributed by atoms with Gasteiger partial charge in [-0.05, 0) is 121 Å². The molecule has 1 aliphatic rings. The minimum absolute atomic E-state index is 0.0151. The lowest BCUT2D eigenvalue weighted by Crippen LogP contribution is -2.32. The van der Waals surface area contributed by atoms with Crippen molar-refractivity contribution in [1.82, 2.24) is 15.3 Å². The van der Waals surface area contributed by atoms with E-state index in [9.17, 15) is 14.0 Å². The Hall–Kier alpha value is -4.03. The van der Waals surface area contributed by atoms with Gasteiger partial charge >= 0.3 is 0 Å².